The van der Waals surface area contributed by atoms with Crippen molar-refractivity contribution in [2.24, 2.45) is 0 Å². The van der Waals surface area contributed by atoms with Gasteiger partial charge in [0.25, 0.3) is 0 Å². The van der Waals surface area contributed by atoms with Gasteiger partial charge in [0.1, 0.15) is 18.1 Å². The van der Waals surface area contributed by atoms with E-state index in [0.29, 0.717) is 23.3 Å². The van der Waals surface area contributed by atoms with Crippen molar-refractivity contribution in [1.82, 2.24) is 20.2 Å². The van der Waals surface area contributed by atoms with Crippen molar-refractivity contribution in [1.29, 1.82) is 0 Å². The van der Waals surface area contributed by atoms with Crippen LogP contribution in [0.3, 0.4) is 0 Å². The summed E-state index contributed by atoms with van der Waals surface area (Å²) in [5.74, 6) is 1.97. The molecule has 0 atom stereocenters. The summed E-state index contributed by atoms with van der Waals surface area (Å²) in [6.07, 6.45) is 1.71. The summed E-state index contributed by atoms with van der Waals surface area (Å²) < 4.78 is 5.71. The molecule has 3 aromatic rings. The highest BCUT2D eigenvalue weighted by Crippen LogP contribution is 2.22. The van der Waals surface area contributed by atoms with E-state index in [4.69, 9.17) is 16.3 Å². The highest BCUT2D eigenvalue weighted by molar-refractivity contribution is 6.30. The number of nitrogens with one attached hydrogen (secondary N) is 1. The van der Waals surface area contributed by atoms with Crippen LogP contribution in [-0.2, 0) is 6.61 Å². The van der Waals surface area contributed by atoms with Crippen molar-refractivity contribution in [2.75, 3.05) is 0 Å². The average Bonchev–Trinajstić information content (AvgIpc) is 2.96. The van der Waals surface area contributed by atoms with Crippen LogP contribution in [-0.4, -0.2) is 20.2 Å². The monoisotopic (exact) mass is 300 g/mol. The molecule has 2 heterocycles. The van der Waals surface area contributed by atoms with Gasteiger partial charge in [-0.15, -0.1) is 0 Å². The summed E-state index contributed by atoms with van der Waals surface area (Å²) in [6.45, 7) is 2.25. The Bertz CT molecular complexity index is 742. The first-order valence-electron chi connectivity index (χ1n) is 6.44. The molecule has 0 fully saturated rings. The van der Waals surface area contributed by atoms with E-state index in [1.807, 2.05) is 37.3 Å². The zero-order valence-electron chi connectivity index (χ0n) is 11.4. The Labute approximate surface area is 127 Å². The van der Waals surface area contributed by atoms with Crippen LogP contribution in [0.5, 0.6) is 5.75 Å². The van der Waals surface area contributed by atoms with E-state index < -0.39 is 0 Å². The minimum atomic E-state index is 0.308. The maximum absolute atomic E-state index is 5.91. The second-order valence-electron chi connectivity index (χ2n) is 4.52. The first kappa shape index (κ1) is 13.6. The second-order valence-corrected chi connectivity index (χ2v) is 4.96. The Morgan fingerprint density at radius 1 is 1.24 bits per heavy atom. The molecule has 0 unspecified atom stereocenters. The standard InChI is InChI=1S/C15H13ClN4O/c1-10-8-11(16)5-6-13(10)21-9-14-18-15(20-19-14)12-4-2-3-7-17-12/h2-8H,9H2,1H3,(H,18,19,20). The lowest BCUT2D eigenvalue weighted by atomic mass is 10.2. The van der Waals surface area contributed by atoms with Crippen LogP contribution in [0.1, 0.15) is 11.4 Å². The number of ether oxygens (including phenoxy) is 1. The van der Waals surface area contributed by atoms with E-state index >= 15 is 0 Å². The summed E-state index contributed by atoms with van der Waals surface area (Å²) in [5.41, 5.74) is 1.70. The average molecular weight is 301 g/mol. The number of halogens is 1. The van der Waals surface area contributed by atoms with Crippen molar-refractivity contribution >= 4 is 11.6 Å². The molecule has 0 spiro atoms. The molecule has 0 aliphatic carbocycles. The van der Waals surface area contributed by atoms with Crippen molar-refractivity contribution in [3.63, 3.8) is 0 Å². The quantitative estimate of drug-likeness (QED) is 0.802. The minimum absolute atomic E-state index is 0.308. The predicted molar refractivity (Wildman–Crippen MR) is 80.1 cm³/mol. The Morgan fingerprint density at radius 3 is 2.90 bits per heavy atom. The summed E-state index contributed by atoms with van der Waals surface area (Å²) in [4.78, 5) is 8.57. The molecule has 0 amide bonds. The number of hydrogen-bond donors (Lipinski definition) is 1. The molecular weight excluding hydrogens is 288 g/mol. The normalized spacial score (nSPS) is 10.6. The van der Waals surface area contributed by atoms with Crippen LogP contribution in [0.15, 0.2) is 42.6 Å². The Hall–Kier alpha value is -2.40. The lowest BCUT2D eigenvalue weighted by Gasteiger charge is -2.07. The van der Waals surface area contributed by atoms with Crippen LogP contribution in [0.25, 0.3) is 11.5 Å². The lowest BCUT2D eigenvalue weighted by molar-refractivity contribution is 0.294. The van der Waals surface area contributed by atoms with Crippen LogP contribution < -0.4 is 4.74 Å². The molecule has 0 aliphatic heterocycles. The molecule has 1 N–H and O–H groups in total. The number of rotatable bonds is 4. The number of pyridine rings is 1. The first-order chi connectivity index (χ1) is 10.2. The highest BCUT2D eigenvalue weighted by atomic mass is 35.5. The van der Waals surface area contributed by atoms with Crippen LogP contribution in [0.2, 0.25) is 5.02 Å². The van der Waals surface area contributed by atoms with Crippen LogP contribution >= 0.6 is 11.6 Å². The van der Waals surface area contributed by atoms with Crippen molar-refractivity contribution in [3.05, 3.63) is 59.0 Å². The molecule has 2 aromatic heterocycles. The van der Waals surface area contributed by atoms with Crippen molar-refractivity contribution in [2.45, 2.75) is 13.5 Å². The molecule has 5 nitrogen and oxygen atoms in total. The van der Waals surface area contributed by atoms with Gasteiger partial charge in [-0.25, -0.2) is 4.98 Å². The molecule has 3 rings (SSSR count). The second kappa shape index (κ2) is 5.93. The lowest BCUT2D eigenvalue weighted by Crippen LogP contribution is -1.99. The van der Waals surface area contributed by atoms with E-state index in [9.17, 15) is 0 Å². The fraction of sp³-hybridized carbons (Fsp3) is 0.133. The fourth-order valence-corrected chi connectivity index (χ4v) is 2.12. The van der Waals surface area contributed by atoms with Gasteiger partial charge in [0.05, 0.1) is 0 Å². The van der Waals surface area contributed by atoms with E-state index in [-0.39, 0.29) is 0 Å². The third-order valence-electron chi connectivity index (χ3n) is 2.93. The summed E-state index contributed by atoms with van der Waals surface area (Å²) >= 11 is 5.91. The molecule has 106 valence electrons. The van der Waals surface area contributed by atoms with Gasteiger partial charge in [0, 0.05) is 11.2 Å². The molecule has 1 aromatic carbocycles. The van der Waals surface area contributed by atoms with E-state index in [1.165, 1.54) is 0 Å². The van der Waals surface area contributed by atoms with Gasteiger partial charge < -0.3 is 4.74 Å². The number of hydrogen-bond acceptors (Lipinski definition) is 4. The topological polar surface area (TPSA) is 63.7 Å². The number of benzene rings is 1. The summed E-state index contributed by atoms with van der Waals surface area (Å²) in [5, 5.41) is 7.68. The fourth-order valence-electron chi connectivity index (χ4n) is 1.89. The van der Waals surface area contributed by atoms with Crippen LogP contribution in [0, 0.1) is 6.92 Å². The summed E-state index contributed by atoms with van der Waals surface area (Å²) in [6, 6.07) is 11.1. The van der Waals surface area contributed by atoms with Gasteiger partial charge in [-0.2, -0.15) is 5.10 Å². The highest BCUT2D eigenvalue weighted by Gasteiger charge is 2.08. The molecule has 6 heteroatoms. The SMILES string of the molecule is Cc1cc(Cl)ccc1OCc1nc(-c2ccccn2)n[nH]1. The van der Waals surface area contributed by atoms with Gasteiger partial charge in [-0.05, 0) is 42.8 Å². The number of aromatic nitrogens is 4. The smallest absolute Gasteiger partial charge is 0.199 e. The van der Waals surface area contributed by atoms with Gasteiger partial charge in [0.15, 0.2) is 11.6 Å². The van der Waals surface area contributed by atoms with E-state index in [0.717, 1.165) is 17.0 Å². The number of aromatic amines is 1. The zero-order valence-corrected chi connectivity index (χ0v) is 12.1. The maximum Gasteiger partial charge on any atom is 0.199 e. The molecule has 21 heavy (non-hydrogen) atoms. The minimum Gasteiger partial charge on any atom is -0.485 e. The van der Waals surface area contributed by atoms with E-state index in [2.05, 4.69) is 20.2 Å². The Kier molecular flexibility index (Phi) is 3.83. The third kappa shape index (κ3) is 3.20. The van der Waals surface area contributed by atoms with Crippen LogP contribution in [0.4, 0.5) is 0 Å². The molecule has 0 bridgehead atoms. The predicted octanol–water partition coefficient (Wildman–Crippen LogP) is 3.41. The first-order valence-corrected chi connectivity index (χ1v) is 6.82. The van der Waals surface area contributed by atoms with Gasteiger partial charge in [-0.1, -0.05) is 17.7 Å². The molecule has 0 saturated carbocycles. The molecule has 0 aliphatic rings. The Morgan fingerprint density at radius 2 is 2.14 bits per heavy atom. The number of aryl methyl sites for hydroxylation is 1. The molecule has 0 saturated heterocycles. The molecular formula is C15H13ClN4O. The largest absolute Gasteiger partial charge is 0.485 e. The van der Waals surface area contributed by atoms with Crippen molar-refractivity contribution < 1.29 is 4.74 Å². The maximum atomic E-state index is 5.91. The summed E-state index contributed by atoms with van der Waals surface area (Å²) in [7, 11) is 0. The molecule has 0 radical (unpaired) electrons. The Balaban J connectivity index is 1.70. The van der Waals surface area contributed by atoms with Gasteiger partial charge in [0.2, 0.25) is 0 Å². The third-order valence-corrected chi connectivity index (χ3v) is 3.16. The van der Waals surface area contributed by atoms with Crippen molar-refractivity contribution in [3.8, 4) is 17.3 Å². The zero-order chi connectivity index (χ0) is 14.7. The van der Waals surface area contributed by atoms with Gasteiger partial charge in [-0.3, -0.25) is 10.1 Å². The van der Waals surface area contributed by atoms with E-state index in [1.54, 1.807) is 12.3 Å². The number of nitrogens with zero attached hydrogens (tertiary/aromatic N) is 3. The van der Waals surface area contributed by atoms with Gasteiger partial charge >= 0.3 is 0 Å². The number of H-pyrrole nitrogens is 1.